The highest BCUT2D eigenvalue weighted by Crippen LogP contribution is 2.23. The molecule has 4 heteroatoms. The van der Waals surface area contributed by atoms with Gasteiger partial charge < -0.3 is 10.2 Å². The maximum Gasteiger partial charge on any atom is 0.255 e. The zero-order valence-electron chi connectivity index (χ0n) is 15.7. The number of piperidine rings is 1. The summed E-state index contributed by atoms with van der Waals surface area (Å²) in [5.74, 6) is 0.774. The van der Waals surface area contributed by atoms with Crippen LogP contribution in [0.2, 0.25) is 0 Å². The van der Waals surface area contributed by atoms with E-state index in [1.54, 1.807) is 12.4 Å². The van der Waals surface area contributed by atoms with Gasteiger partial charge in [0, 0.05) is 32.0 Å². The molecule has 1 amide bonds. The van der Waals surface area contributed by atoms with Crippen molar-refractivity contribution in [3.8, 4) is 0 Å². The quantitative estimate of drug-likeness (QED) is 0.753. The minimum atomic E-state index is 0.106. The van der Waals surface area contributed by atoms with Crippen molar-refractivity contribution < 1.29 is 4.79 Å². The van der Waals surface area contributed by atoms with Gasteiger partial charge in [-0.3, -0.25) is 9.78 Å². The second kappa shape index (κ2) is 9.37. The van der Waals surface area contributed by atoms with Gasteiger partial charge >= 0.3 is 0 Å². The van der Waals surface area contributed by atoms with Crippen molar-refractivity contribution in [1.29, 1.82) is 0 Å². The molecule has 0 radical (unpaired) electrons. The summed E-state index contributed by atoms with van der Waals surface area (Å²) in [6.07, 6.45) is 9.00. The smallest absolute Gasteiger partial charge is 0.255 e. The maximum atomic E-state index is 12.8. The van der Waals surface area contributed by atoms with E-state index in [-0.39, 0.29) is 5.91 Å². The normalized spacial score (nSPS) is 15.0. The Morgan fingerprint density at radius 1 is 1.19 bits per heavy atom. The van der Waals surface area contributed by atoms with Crippen molar-refractivity contribution in [3.63, 3.8) is 0 Å². The number of carbonyl (C=O) groups excluding carboxylic acids is 1. The van der Waals surface area contributed by atoms with Gasteiger partial charge in [-0.25, -0.2) is 0 Å². The first-order valence-electron chi connectivity index (χ1n) is 9.78. The Balaban J connectivity index is 1.52. The SMILES string of the molecule is CCCCNc1cncc(C(=O)N2CCC(Cc3ccccc3)CC2)c1. The van der Waals surface area contributed by atoms with Gasteiger partial charge in [0.25, 0.3) is 5.91 Å². The Morgan fingerprint density at radius 2 is 1.96 bits per heavy atom. The average Bonchev–Trinajstić information content (AvgIpc) is 2.69. The van der Waals surface area contributed by atoms with Crippen molar-refractivity contribution >= 4 is 11.6 Å². The number of carbonyl (C=O) groups is 1. The molecule has 1 aliphatic rings. The lowest BCUT2D eigenvalue weighted by atomic mass is 9.90. The molecule has 0 unspecified atom stereocenters. The summed E-state index contributed by atoms with van der Waals surface area (Å²) in [6.45, 7) is 4.76. The third-order valence-corrected chi connectivity index (χ3v) is 5.11. The summed E-state index contributed by atoms with van der Waals surface area (Å²) >= 11 is 0. The number of nitrogens with zero attached hydrogens (tertiary/aromatic N) is 2. The third-order valence-electron chi connectivity index (χ3n) is 5.11. The van der Waals surface area contributed by atoms with Crippen molar-refractivity contribution in [2.75, 3.05) is 25.0 Å². The fourth-order valence-corrected chi connectivity index (χ4v) is 3.53. The zero-order valence-corrected chi connectivity index (χ0v) is 15.7. The number of hydrogen-bond donors (Lipinski definition) is 1. The number of nitrogens with one attached hydrogen (secondary N) is 1. The van der Waals surface area contributed by atoms with Gasteiger partial charge in [0.15, 0.2) is 0 Å². The number of likely N-dealkylation sites (tertiary alicyclic amines) is 1. The number of aromatic nitrogens is 1. The molecule has 3 rings (SSSR count). The molecule has 1 aromatic heterocycles. The molecule has 1 aromatic carbocycles. The molecular weight excluding hydrogens is 322 g/mol. The van der Waals surface area contributed by atoms with Gasteiger partial charge in [0.05, 0.1) is 11.3 Å². The summed E-state index contributed by atoms with van der Waals surface area (Å²) in [6, 6.07) is 12.6. The van der Waals surface area contributed by atoms with Crippen LogP contribution in [0.5, 0.6) is 0 Å². The summed E-state index contributed by atoms with van der Waals surface area (Å²) in [5.41, 5.74) is 3.02. The number of hydrogen-bond acceptors (Lipinski definition) is 3. The lowest BCUT2D eigenvalue weighted by Crippen LogP contribution is -2.39. The van der Waals surface area contributed by atoms with Gasteiger partial charge in [-0.15, -0.1) is 0 Å². The monoisotopic (exact) mass is 351 g/mol. The van der Waals surface area contributed by atoms with Crippen LogP contribution in [0, 0.1) is 5.92 Å². The highest BCUT2D eigenvalue weighted by molar-refractivity contribution is 5.94. The second-order valence-electron chi connectivity index (χ2n) is 7.17. The summed E-state index contributed by atoms with van der Waals surface area (Å²) in [7, 11) is 0. The van der Waals surface area contributed by atoms with Crippen LogP contribution in [0.15, 0.2) is 48.8 Å². The Hall–Kier alpha value is -2.36. The Morgan fingerprint density at radius 3 is 2.69 bits per heavy atom. The molecule has 26 heavy (non-hydrogen) atoms. The molecule has 1 N–H and O–H groups in total. The summed E-state index contributed by atoms with van der Waals surface area (Å²) in [4.78, 5) is 19.0. The fourth-order valence-electron chi connectivity index (χ4n) is 3.53. The molecule has 1 saturated heterocycles. The van der Waals surface area contributed by atoms with Crippen LogP contribution in [0.4, 0.5) is 5.69 Å². The second-order valence-corrected chi connectivity index (χ2v) is 7.17. The van der Waals surface area contributed by atoms with E-state index in [1.807, 2.05) is 11.0 Å². The molecule has 138 valence electrons. The molecule has 0 bridgehead atoms. The minimum Gasteiger partial charge on any atom is -0.384 e. The van der Waals surface area contributed by atoms with Gasteiger partial charge in [-0.05, 0) is 43.2 Å². The Bertz CT molecular complexity index is 694. The average molecular weight is 351 g/mol. The molecule has 0 aliphatic carbocycles. The van der Waals surface area contributed by atoms with Crippen LogP contribution in [0.3, 0.4) is 0 Å². The largest absolute Gasteiger partial charge is 0.384 e. The standard InChI is InChI=1S/C22H29N3O/c1-2-3-11-24-21-15-20(16-23-17-21)22(26)25-12-9-19(10-13-25)14-18-7-5-4-6-8-18/h4-8,15-17,19,24H,2-3,9-14H2,1H3. The van der Waals surface area contributed by atoms with Crippen molar-refractivity contribution in [2.24, 2.45) is 5.92 Å². The fraction of sp³-hybridized carbons (Fsp3) is 0.455. The lowest BCUT2D eigenvalue weighted by Gasteiger charge is -2.32. The van der Waals surface area contributed by atoms with Crippen LogP contribution < -0.4 is 5.32 Å². The lowest BCUT2D eigenvalue weighted by molar-refractivity contribution is 0.0690. The highest BCUT2D eigenvalue weighted by atomic mass is 16.2. The molecule has 1 fully saturated rings. The molecule has 2 heterocycles. The highest BCUT2D eigenvalue weighted by Gasteiger charge is 2.24. The first-order chi connectivity index (χ1) is 12.8. The molecular formula is C22H29N3O. The molecule has 0 saturated carbocycles. The van der Waals surface area contributed by atoms with E-state index in [4.69, 9.17) is 0 Å². The first-order valence-corrected chi connectivity index (χ1v) is 9.78. The number of rotatable bonds is 7. The van der Waals surface area contributed by atoms with Crippen LogP contribution in [0.1, 0.15) is 48.5 Å². The van der Waals surface area contributed by atoms with Gasteiger partial charge in [-0.1, -0.05) is 43.7 Å². The van der Waals surface area contributed by atoms with E-state index in [1.165, 1.54) is 5.56 Å². The van der Waals surface area contributed by atoms with E-state index in [9.17, 15) is 4.79 Å². The topological polar surface area (TPSA) is 45.2 Å². The van der Waals surface area contributed by atoms with E-state index in [2.05, 4.69) is 47.6 Å². The summed E-state index contributed by atoms with van der Waals surface area (Å²) in [5, 5.41) is 3.34. The molecule has 0 spiro atoms. The van der Waals surface area contributed by atoms with E-state index in [0.29, 0.717) is 11.5 Å². The van der Waals surface area contributed by atoms with Crippen molar-refractivity contribution in [1.82, 2.24) is 9.88 Å². The van der Waals surface area contributed by atoms with E-state index >= 15 is 0 Å². The third kappa shape index (κ3) is 5.07. The Kier molecular flexibility index (Phi) is 6.64. The van der Waals surface area contributed by atoms with E-state index < -0.39 is 0 Å². The predicted molar refractivity (Wildman–Crippen MR) is 106 cm³/mol. The Labute approximate surface area is 156 Å². The van der Waals surface area contributed by atoms with Gasteiger partial charge in [-0.2, -0.15) is 0 Å². The van der Waals surface area contributed by atoms with Crippen molar-refractivity contribution in [2.45, 2.75) is 39.0 Å². The molecule has 2 aromatic rings. The van der Waals surface area contributed by atoms with Crippen LogP contribution in [-0.2, 0) is 6.42 Å². The maximum absolute atomic E-state index is 12.8. The molecule has 0 atom stereocenters. The zero-order chi connectivity index (χ0) is 18.2. The first kappa shape index (κ1) is 18.4. The predicted octanol–water partition coefficient (Wildman–Crippen LogP) is 4.39. The van der Waals surface area contributed by atoms with Crippen LogP contribution >= 0.6 is 0 Å². The number of pyridine rings is 1. The minimum absolute atomic E-state index is 0.106. The number of unbranched alkanes of at least 4 members (excludes halogenated alkanes) is 1. The number of anilines is 1. The van der Waals surface area contributed by atoms with Gasteiger partial charge in [0.1, 0.15) is 0 Å². The van der Waals surface area contributed by atoms with E-state index in [0.717, 1.165) is 57.4 Å². The molecule has 1 aliphatic heterocycles. The molecule has 4 nitrogen and oxygen atoms in total. The van der Waals surface area contributed by atoms with Crippen LogP contribution in [-0.4, -0.2) is 35.4 Å². The van der Waals surface area contributed by atoms with Crippen molar-refractivity contribution in [3.05, 3.63) is 59.9 Å². The van der Waals surface area contributed by atoms with Crippen LogP contribution in [0.25, 0.3) is 0 Å². The van der Waals surface area contributed by atoms with Gasteiger partial charge in [0.2, 0.25) is 0 Å². The summed E-state index contributed by atoms with van der Waals surface area (Å²) < 4.78 is 0. The number of amides is 1. The number of benzene rings is 1.